The molecule has 1 fully saturated rings. The van der Waals surface area contributed by atoms with E-state index < -0.39 is 17.6 Å². The van der Waals surface area contributed by atoms with E-state index >= 15 is 0 Å². The predicted molar refractivity (Wildman–Crippen MR) is 112 cm³/mol. The van der Waals surface area contributed by atoms with Crippen LogP contribution < -0.4 is 0 Å². The zero-order valence-corrected chi connectivity index (χ0v) is 18.2. The van der Waals surface area contributed by atoms with Crippen molar-refractivity contribution in [1.29, 1.82) is 0 Å². The van der Waals surface area contributed by atoms with Crippen LogP contribution in [0, 0.1) is 5.41 Å². The summed E-state index contributed by atoms with van der Waals surface area (Å²) in [4.78, 5) is 37.0. The molecule has 1 aliphatic heterocycles. The molecule has 2 aliphatic rings. The molecule has 2 rings (SSSR count). The molecule has 0 amide bonds. The maximum atomic E-state index is 12.8. The minimum Gasteiger partial charge on any atom is -0.458 e. The van der Waals surface area contributed by atoms with Crippen molar-refractivity contribution in [3.8, 4) is 0 Å². The molecule has 0 saturated carbocycles. The van der Waals surface area contributed by atoms with Gasteiger partial charge in [0.15, 0.2) is 5.78 Å². The van der Waals surface area contributed by atoms with E-state index in [1.165, 1.54) is 11.6 Å². The lowest BCUT2D eigenvalue weighted by Crippen LogP contribution is -2.43. The summed E-state index contributed by atoms with van der Waals surface area (Å²) in [5.41, 5.74) is 1.37. The highest BCUT2D eigenvalue weighted by Gasteiger charge is 2.55. The van der Waals surface area contributed by atoms with Gasteiger partial charge in [0, 0.05) is 12.8 Å². The molecule has 5 nitrogen and oxygen atoms in total. The third-order valence-electron chi connectivity index (χ3n) is 5.58. The first-order valence-corrected chi connectivity index (χ1v) is 10.7. The van der Waals surface area contributed by atoms with Gasteiger partial charge in [0.25, 0.3) is 0 Å². The van der Waals surface area contributed by atoms with Crippen LogP contribution in [0.3, 0.4) is 0 Å². The molecule has 1 aliphatic carbocycles. The zero-order valence-electron chi connectivity index (χ0n) is 18.2. The van der Waals surface area contributed by atoms with E-state index in [4.69, 9.17) is 9.47 Å². The van der Waals surface area contributed by atoms with E-state index in [1.807, 2.05) is 13.0 Å². The van der Waals surface area contributed by atoms with Gasteiger partial charge in [0.2, 0.25) is 0 Å². The van der Waals surface area contributed by atoms with Gasteiger partial charge in [0.05, 0.1) is 11.8 Å². The molecule has 0 aromatic heterocycles. The van der Waals surface area contributed by atoms with Crippen molar-refractivity contribution in [2.45, 2.75) is 91.3 Å². The van der Waals surface area contributed by atoms with E-state index in [1.54, 1.807) is 6.08 Å². The summed E-state index contributed by atoms with van der Waals surface area (Å²) < 4.78 is 11.1. The van der Waals surface area contributed by atoms with Crippen molar-refractivity contribution in [3.05, 3.63) is 35.5 Å². The monoisotopic (exact) mass is 402 g/mol. The number of cyclic esters (lactones) is 1. The standard InChI is InChI=1S/C24H34O5/c1-5-6-7-11-22(26)28-19-12-13-20(25)24(15-19)16-23(27)29-21(24)14-18(4)10-8-9-17(2)3/h9,12-14,19,21H,5-8,10-11,15-16H2,1-4H3/b18-14+/t19-,21-,24+/m1/s1. The van der Waals surface area contributed by atoms with E-state index in [0.717, 1.165) is 37.7 Å². The Kier molecular flexibility index (Phi) is 8.42. The summed E-state index contributed by atoms with van der Waals surface area (Å²) in [5, 5.41) is 0. The number of ketones is 1. The highest BCUT2D eigenvalue weighted by atomic mass is 16.6. The van der Waals surface area contributed by atoms with Crippen molar-refractivity contribution in [1.82, 2.24) is 0 Å². The lowest BCUT2D eigenvalue weighted by Gasteiger charge is -2.34. The van der Waals surface area contributed by atoms with Crippen LogP contribution in [0.4, 0.5) is 0 Å². The predicted octanol–water partition coefficient (Wildman–Crippen LogP) is 5.00. The maximum absolute atomic E-state index is 12.8. The number of rotatable bonds is 9. The van der Waals surface area contributed by atoms with Crippen LogP contribution in [0.15, 0.2) is 35.5 Å². The summed E-state index contributed by atoms with van der Waals surface area (Å²) in [6.07, 6.45) is 11.3. The lowest BCUT2D eigenvalue weighted by molar-refractivity contribution is -0.151. The smallest absolute Gasteiger partial charge is 0.307 e. The SMILES string of the molecule is CCCCCC(=O)O[C@@H]1C=CC(=O)[C@@]2(CC(=O)O[C@@H]2/C=C(\C)CCC=C(C)C)C1. The fraction of sp³-hybridized carbons (Fsp3) is 0.625. The van der Waals surface area contributed by atoms with Crippen molar-refractivity contribution >= 4 is 17.7 Å². The maximum Gasteiger partial charge on any atom is 0.307 e. The third-order valence-corrected chi connectivity index (χ3v) is 5.58. The molecular formula is C24H34O5. The molecule has 0 aromatic carbocycles. The quantitative estimate of drug-likeness (QED) is 0.308. The van der Waals surface area contributed by atoms with Crippen molar-refractivity contribution in [2.75, 3.05) is 0 Å². The normalized spacial score (nSPS) is 26.6. The molecule has 1 saturated heterocycles. The zero-order chi connectivity index (χ0) is 21.4. The highest BCUT2D eigenvalue weighted by Crippen LogP contribution is 2.45. The van der Waals surface area contributed by atoms with Crippen LogP contribution in [-0.4, -0.2) is 29.9 Å². The van der Waals surface area contributed by atoms with Crippen LogP contribution >= 0.6 is 0 Å². The van der Waals surface area contributed by atoms with Crippen LogP contribution in [0.2, 0.25) is 0 Å². The van der Waals surface area contributed by atoms with E-state index in [0.29, 0.717) is 6.42 Å². The minimum absolute atomic E-state index is 0.0302. The van der Waals surface area contributed by atoms with Gasteiger partial charge in [-0.2, -0.15) is 0 Å². The number of carbonyl (C=O) groups is 3. The second-order valence-electron chi connectivity index (χ2n) is 8.49. The molecule has 0 N–H and O–H groups in total. The number of esters is 2. The first-order chi connectivity index (χ1) is 13.8. The molecule has 0 aromatic rings. The van der Waals surface area contributed by atoms with Gasteiger partial charge < -0.3 is 9.47 Å². The van der Waals surface area contributed by atoms with Crippen LogP contribution in [0.5, 0.6) is 0 Å². The Balaban J connectivity index is 2.10. The molecular weight excluding hydrogens is 368 g/mol. The van der Waals surface area contributed by atoms with Crippen LogP contribution in [0.1, 0.15) is 79.1 Å². The molecule has 0 bridgehead atoms. The van der Waals surface area contributed by atoms with Crippen molar-refractivity contribution < 1.29 is 23.9 Å². The summed E-state index contributed by atoms with van der Waals surface area (Å²) >= 11 is 0. The molecule has 29 heavy (non-hydrogen) atoms. The second-order valence-corrected chi connectivity index (χ2v) is 8.49. The lowest BCUT2D eigenvalue weighted by atomic mass is 9.69. The van der Waals surface area contributed by atoms with E-state index in [2.05, 4.69) is 26.8 Å². The van der Waals surface area contributed by atoms with Crippen LogP contribution in [0.25, 0.3) is 0 Å². The Morgan fingerprint density at radius 3 is 2.69 bits per heavy atom. The van der Waals surface area contributed by atoms with Crippen LogP contribution in [-0.2, 0) is 23.9 Å². The van der Waals surface area contributed by atoms with Crippen molar-refractivity contribution in [2.24, 2.45) is 5.41 Å². The van der Waals surface area contributed by atoms with Gasteiger partial charge in [0.1, 0.15) is 12.2 Å². The fourth-order valence-electron chi connectivity index (χ4n) is 3.91. The largest absolute Gasteiger partial charge is 0.458 e. The summed E-state index contributed by atoms with van der Waals surface area (Å²) in [5.74, 6) is -0.757. The number of carbonyl (C=O) groups excluding carboxylic acids is 3. The molecule has 0 unspecified atom stereocenters. The van der Waals surface area contributed by atoms with Gasteiger partial charge in [-0.05, 0) is 58.3 Å². The Morgan fingerprint density at radius 2 is 2.00 bits per heavy atom. The summed E-state index contributed by atoms with van der Waals surface area (Å²) in [6.45, 7) is 8.19. The number of hydrogen-bond donors (Lipinski definition) is 0. The average Bonchev–Trinajstić information content (AvgIpc) is 2.93. The van der Waals surface area contributed by atoms with Gasteiger partial charge >= 0.3 is 11.9 Å². The second kappa shape index (κ2) is 10.6. The Morgan fingerprint density at radius 1 is 1.24 bits per heavy atom. The van der Waals surface area contributed by atoms with E-state index in [-0.39, 0.29) is 30.6 Å². The number of allylic oxidation sites excluding steroid dienone is 4. The third kappa shape index (κ3) is 6.41. The topological polar surface area (TPSA) is 69.7 Å². The van der Waals surface area contributed by atoms with Gasteiger partial charge in [-0.1, -0.05) is 37.0 Å². The van der Waals surface area contributed by atoms with E-state index in [9.17, 15) is 14.4 Å². The Hall–Kier alpha value is -2.17. The minimum atomic E-state index is -0.974. The fourth-order valence-corrected chi connectivity index (χ4v) is 3.91. The summed E-state index contributed by atoms with van der Waals surface area (Å²) in [6, 6.07) is 0. The molecule has 0 radical (unpaired) electrons. The first kappa shape index (κ1) is 23.1. The number of hydrogen-bond acceptors (Lipinski definition) is 5. The molecule has 1 spiro atoms. The van der Waals surface area contributed by atoms with Gasteiger partial charge in [-0.25, -0.2) is 0 Å². The molecule has 5 heteroatoms. The molecule has 3 atom stereocenters. The number of unbranched alkanes of at least 4 members (excludes halogenated alkanes) is 2. The Labute approximate surface area is 174 Å². The van der Waals surface area contributed by atoms with Crippen molar-refractivity contribution in [3.63, 3.8) is 0 Å². The first-order valence-electron chi connectivity index (χ1n) is 10.7. The van der Waals surface area contributed by atoms with Gasteiger partial charge in [-0.15, -0.1) is 0 Å². The van der Waals surface area contributed by atoms with Gasteiger partial charge in [-0.3, -0.25) is 14.4 Å². The highest BCUT2D eigenvalue weighted by molar-refractivity contribution is 6.00. The molecule has 160 valence electrons. The number of ether oxygens (including phenoxy) is 2. The average molecular weight is 403 g/mol. The summed E-state index contributed by atoms with van der Waals surface area (Å²) in [7, 11) is 0. The Bertz CT molecular complexity index is 711. The molecule has 1 heterocycles.